The van der Waals surface area contributed by atoms with Gasteiger partial charge in [0.1, 0.15) is 5.82 Å². The Morgan fingerprint density at radius 1 is 1.12 bits per heavy atom. The van der Waals surface area contributed by atoms with E-state index in [1.165, 1.54) is 13.8 Å². The van der Waals surface area contributed by atoms with Gasteiger partial charge in [0.25, 0.3) is 5.56 Å². The SMILES string of the molecule is CCCc1nc2ccc(Br)cc2c(=O)n1N=Cc1cc(C)n(-c2ccc(I)c(C)c2)c1C. The number of hydrogen-bond acceptors (Lipinski definition) is 3. The van der Waals surface area contributed by atoms with Gasteiger partial charge in [-0.3, -0.25) is 4.79 Å². The second kappa shape index (κ2) is 9.31. The lowest BCUT2D eigenvalue weighted by Gasteiger charge is -2.11. The predicted octanol–water partition coefficient (Wildman–Crippen LogP) is 6.31. The fourth-order valence-electron chi connectivity index (χ4n) is 3.90. The molecule has 0 amide bonds. The van der Waals surface area contributed by atoms with E-state index in [0.29, 0.717) is 23.1 Å². The van der Waals surface area contributed by atoms with E-state index in [0.717, 1.165) is 33.5 Å². The number of fused-ring (bicyclic) bond motifs is 1. The number of nitrogens with zero attached hydrogens (tertiary/aromatic N) is 4. The zero-order valence-corrected chi connectivity index (χ0v) is 22.2. The van der Waals surface area contributed by atoms with Gasteiger partial charge in [-0.15, -0.1) is 0 Å². The molecule has 2 heterocycles. The molecule has 0 aliphatic rings. The molecule has 32 heavy (non-hydrogen) atoms. The van der Waals surface area contributed by atoms with Crippen LogP contribution in [0.3, 0.4) is 0 Å². The van der Waals surface area contributed by atoms with Crippen LogP contribution in [0.1, 0.15) is 41.7 Å². The van der Waals surface area contributed by atoms with Gasteiger partial charge in [0, 0.05) is 37.1 Å². The van der Waals surface area contributed by atoms with Crippen LogP contribution >= 0.6 is 38.5 Å². The average molecular weight is 603 g/mol. The molecule has 0 saturated carbocycles. The molecule has 0 atom stereocenters. The number of aromatic nitrogens is 3. The summed E-state index contributed by atoms with van der Waals surface area (Å²) in [5.74, 6) is 0.672. The highest BCUT2D eigenvalue weighted by atomic mass is 127. The lowest BCUT2D eigenvalue weighted by atomic mass is 10.2. The van der Waals surface area contributed by atoms with E-state index in [4.69, 9.17) is 4.98 Å². The molecular formula is C25H24BrIN4O. The number of halogens is 2. The van der Waals surface area contributed by atoms with Crippen molar-refractivity contribution < 1.29 is 0 Å². The maximum atomic E-state index is 13.2. The summed E-state index contributed by atoms with van der Waals surface area (Å²) in [6, 6.07) is 14.1. The van der Waals surface area contributed by atoms with Gasteiger partial charge in [-0.1, -0.05) is 22.9 Å². The molecule has 0 bridgehead atoms. The highest BCUT2D eigenvalue weighted by molar-refractivity contribution is 14.1. The number of hydrogen-bond donors (Lipinski definition) is 0. The topological polar surface area (TPSA) is 52.2 Å². The largest absolute Gasteiger partial charge is 0.318 e. The Morgan fingerprint density at radius 3 is 2.62 bits per heavy atom. The van der Waals surface area contributed by atoms with Crippen molar-refractivity contribution in [2.24, 2.45) is 5.10 Å². The molecule has 0 saturated heterocycles. The van der Waals surface area contributed by atoms with Gasteiger partial charge in [0.2, 0.25) is 0 Å². The standard InChI is InChI=1S/C25H24BrIN4O/c1-5-6-24-29-23-10-7-19(26)13-21(23)25(32)31(24)28-14-18-12-16(3)30(17(18)4)20-8-9-22(27)15(2)11-20/h7-14H,5-6H2,1-4H3. The van der Waals surface area contributed by atoms with E-state index in [1.807, 2.05) is 12.1 Å². The van der Waals surface area contributed by atoms with E-state index in [1.54, 1.807) is 12.3 Å². The van der Waals surface area contributed by atoms with Gasteiger partial charge in [-0.2, -0.15) is 9.78 Å². The Balaban J connectivity index is 1.81. The zero-order valence-electron chi connectivity index (χ0n) is 18.5. The third-order valence-electron chi connectivity index (χ3n) is 5.53. The predicted molar refractivity (Wildman–Crippen MR) is 143 cm³/mol. The number of aryl methyl sites for hydroxylation is 3. The van der Waals surface area contributed by atoms with Crippen molar-refractivity contribution in [1.82, 2.24) is 14.2 Å². The van der Waals surface area contributed by atoms with E-state index in [2.05, 4.69) is 100 Å². The van der Waals surface area contributed by atoms with E-state index >= 15 is 0 Å². The summed E-state index contributed by atoms with van der Waals surface area (Å²) < 4.78 is 5.75. The maximum Gasteiger partial charge on any atom is 0.282 e. The molecule has 4 aromatic rings. The molecule has 0 radical (unpaired) electrons. The van der Waals surface area contributed by atoms with Crippen LogP contribution in [-0.2, 0) is 6.42 Å². The smallest absolute Gasteiger partial charge is 0.282 e. The van der Waals surface area contributed by atoms with Crippen LogP contribution in [-0.4, -0.2) is 20.4 Å². The lowest BCUT2D eigenvalue weighted by Crippen LogP contribution is -2.22. The summed E-state index contributed by atoms with van der Waals surface area (Å²) in [6.07, 6.45) is 3.33. The van der Waals surface area contributed by atoms with Crippen LogP contribution in [0, 0.1) is 24.3 Å². The fourth-order valence-corrected chi connectivity index (χ4v) is 4.60. The van der Waals surface area contributed by atoms with Crippen LogP contribution < -0.4 is 5.56 Å². The quantitative estimate of drug-likeness (QED) is 0.198. The third-order valence-corrected chi connectivity index (χ3v) is 7.23. The Labute approximate surface area is 209 Å². The summed E-state index contributed by atoms with van der Waals surface area (Å²) in [5, 5.41) is 5.15. The van der Waals surface area contributed by atoms with Crippen molar-refractivity contribution in [2.75, 3.05) is 0 Å². The van der Waals surface area contributed by atoms with Gasteiger partial charge < -0.3 is 4.57 Å². The molecule has 0 N–H and O–H groups in total. The summed E-state index contributed by atoms with van der Waals surface area (Å²) in [5.41, 5.74) is 6.08. The van der Waals surface area contributed by atoms with Crippen LogP contribution in [0.15, 0.2) is 56.8 Å². The van der Waals surface area contributed by atoms with E-state index in [-0.39, 0.29) is 5.56 Å². The minimum atomic E-state index is -0.155. The summed E-state index contributed by atoms with van der Waals surface area (Å²) >= 11 is 5.80. The molecule has 5 nitrogen and oxygen atoms in total. The summed E-state index contributed by atoms with van der Waals surface area (Å²) in [7, 11) is 0. The van der Waals surface area contributed by atoms with Gasteiger partial charge in [0.15, 0.2) is 0 Å². The van der Waals surface area contributed by atoms with Crippen molar-refractivity contribution >= 4 is 55.6 Å². The normalized spacial score (nSPS) is 11.7. The summed E-state index contributed by atoms with van der Waals surface area (Å²) in [6.45, 7) is 8.35. The van der Waals surface area contributed by atoms with Crippen LogP contribution in [0.5, 0.6) is 0 Å². The van der Waals surface area contributed by atoms with Crippen LogP contribution in [0.4, 0.5) is 0 Å². The number of benzene rings is 2. The van der Waals surface area contributed by atoms with Crippen molar-refractivity contribution in [1.29, 1.82) is 0 Å². The molecule has 4 rings (SSSR count). The van der Waals surface area contributed by atoms with Crippen molar-refractivity contribution in [2.45, 2.75) is 40.5 Å². The van der Waals surface area contributed by atoms with Crippen LogP contribution in [0.2, 0.25) is 0 Å². The Kier molecular flexibility index (Phi) is 6.67. The molecule has 0 aliphatic heterocycles. The molecule has 2 aromatic carbocycles. The van der Waals surface area contributed by atoms with Gasteiger partial charge >= 0.3 is 0 Å². The minimum Gasteiger partial charge on any atom is -0.318 e. The Bertz CT molecular complexity index is 1420. The lowest BCUT2D eigenvalue weighted by molar-refractivity contribution is 0.703. The van der Waals surface area contributed by atoms with E-state index < -0.39 is 0 Å². The van der Waals surface area contributed by atoms with Crippen LogP contribution in [0.25, 0.3) is 16.6 Å². The van der Waals surface area contributed by atoms with Crippen molar-refractivity contribution in [3.63, 3.8) is 0 Å². The number of rotatable bonds is 5. The van der Waals surface area contributed by atoms with Gasteiger partial charge in [0.05, 0.1) is 17.1 Å². The second-order valence-electron chi connectivity index (χ2n) is 7.90. The first-order chi connectivity index (χ1) is 15.3. The second-order valence-corrected chi connectivity index (χ2v) is 9.97. The van der Waals surface area contributed by atoms with Gasteiger partial charge in [-0.25, -0.2) is 4.98 Å². The van der Waals surface area contributed by atoms with Crippen molar-refractivity contribution in [3.8, 4) is 5.69 Å². The molecule has 0 spiro atoms. The maximum absolute atomic E-state index is 13.2. The third kappa shape index (κ3) is 4.32. The first kappa shape index (κ1) is 22.9. The molecule has 7 heteroatoms. The monoisotopic (exact) mass is 602 g/mol. The average Bonchev–Trinajstić information content (AvgIpc) is 3.04. The molecule has 2 aromatic heterocycles. The summed E-state index contributed by atoms with van der Waals surface area (Å²) in [4.78, 5) is 17.9. The first-order valence-electron chi connectivity index (χ1n) is 10.5. The molecule has 164 valence electrons. The van der Waals surface area contributed by atoms with Crippen molar-refractivity contribution in [3.05, 3.63) is 89.2 Å². The zero-order chi connectivity index (χ0) is 23.0. The minimum absolute atomic E-state index is 0.155. The highest BCUT2D eigenvalue weighted by Gasteiger charge is 2.13. The highest BCUT2D eigenvalue weighted by Crippen LogP contribution is 2.23. The first-order valence-corrected chi connectivity index (χ1v) is 12.4. The van der Waals surface area contributed by atoms with Gasteiger partial charge in [-0.05, 0) is 97.8 Å². The Hall–Kier alpha value is -2.26. The fraction of sp³-hybridized carbons (Fsp3) is 0.240. The molecule has 0 unspecified atom stereocenters. The molecular weight excluding hydrogens is 579 g/mol. The van der Waals surface area contributed by atoms with E-state index in [9.17, 15) is 4.79 Å². The molecule has 0 aliphatic carbocycles. The Morgan fingerprint density at radius 2 is 1.91 bits per heavy atom. The molecule has 0 fully saturated rings.